The summed E-state index contributed by atoms with van der Waals surface area (Å²) in [4.78, 5) is 0. The van der Waals surface area contributed by atoms with Crippen LogP contribution in [-0.4, -0.2) is 23.8 Å². The second-order valence-corrected chi connectivity index (χ2v) is 7.51. The van der Waals surface area contributed by atoms with E-state index in [2.05, 4.69) is 19.2 Å². The van der Waals surface area contributed by atoms with Gasteiger partial charge in [0.05, 0.1) is 6.10 Å². The van der Waals surface area contributed by atoms with Crippen LogP contribution in [0.3, 0.4) is 0 Å². The summed E-state index contributed by atoms with van der Waals surface area (Å²) in [6.45, 7) is 5.20. The Hall–Kier alpha value is -0.0800. The van der Waals surface area contributed by atoms with Crippen molar-refractivity contribution in [3.8, 4) is 0 Å². The Morgan fingerprint density at radius 1 is 0.905 bits per heavy atom. The van der Waals surface area contributed by atoms with E-state index in [1.807, 2.05) is 0 Å². The Kier molecular flexibility index (Phi) is 7.53. The summed E-state index contributed by atoms with van der Waals surface area (Å²) in [5.74, 6) is 2.31. The third-order valence-electron chi connectivity index (χ3n) is 6.26. The minimum atomic E-state index is -0.158. The third kappa shape index (κ3) is 4.96. The number of rotatable bonds is 7. The van der Waals surface area contributed by atoms with Crippen LogP contribution in [0.1, 0.15) is 84.5 Å². The van der Waals surface area contributed by atoms with Gasteiger partial charge in [-0.15, -0.1) is 0 Å². The van der Waals surface area contributed by atoms with Crippen molar-refractivity contribution in [2.24, 2.45) is 17.8 Å². The molecule has 0 spiro atoms. The molecule has 2 rings (SSSR count). The van der Waals surface area contributed by atoms with E-state index in [0.717, 1.165) is 31.2 Å². The van der Waals surface area contributed by atoms with Gasteiger partial charge in [-0.1, -0.05) is 71.6 Å². The van der Waals surface area contributed by atoms with Crippen molar-refractivity contribution in [1.29, 1.82) is 0 Å². The average Bonchev–Trinajstić information content (AvgIpc) is 2.55. The van der Waals surface area contributed by atoms with Gasteiger partial charge in [0.1, 0.15) is 0 Å². The van der Waals surface area contributed by atoms with E-state index in [-0.39, 0.29) is 6.10 Å². The fourth-order valence-corrected chi connectivity index (χ4v) is 4.81. The lowest BCUT2D eigenvalue weighted by atomic mass is 9.71. The first kappa shape index (κ1) is 17.3. The molecule has 0 aliphatic heterocycles. The first-order valence-electron chi connectivity index (χ1n) is 9.67. The molecule has 0 bridgehead atoms. The normalized spacial score (nSPS) is 29.7. The zero-order chi connectivity index (χ0) is 15.1. The summed E-state index contributed by atoms with van der Waals surface area (Å²) >= 11 is 0. The van der Waals surface area contributed by atoms with Crippen molar-refractivity contribution in [3.63, 3.8) is 0 Å². The van der Waals surface area contributed by atoms with Crippen molar-refractivity contribution < 1.29 is 5.11 Å². The van der Waals surface area contributed by atoms with E-state index >= 15 is 0 Å². The summed E-state index contributed by atoms with van der Waals surface area (Å²) in [5.41, 5.74) is 0. The maximum Gasteiger partial charge on any atom is 0.0692 e. The van der Waals surface area contributed by atoms with Gasteiger partial charge in [0.25, 0.3) is 0 Å². The fraction of sp³-hybridized carbons (Fsp3) is 1.00. The predicted molar refractivity (Wildman–Crippen MR) is 90.4 cm³/mol. The lowest BCUT2D eigenvalue weighted by Gasteiger charge is -2.40. The zero-order valence-corrected chi connectivity index (χ0v) is 14.3. The van der Waals surface area contributed by atoms with Gasteiger partial charge < -0.3 is 10.4 Å². The molecular formula is C19H37NO. The van der Waals surface area contributed by atoms with E-state index in [0.29, 0.717) is 12.0 Å². The number of aliphatic hydroxyl groups excluding tert-OH is 1. The summed E-state index contributed by atoms with van der Waals surface area (Å²) in [6, 6.07) is 0.672. The maximum atomic E-state index is 10.4. The van der Waals surface area contributed by atoms with Crippen molar-refractivity contribution in [3.05, 3.63) is 0 Å². The average molecular weight is 296 g/mol. The molecular weight excluding hydrogens is 258 g/mol. The largest absolute Gasteiger partial charge is 0.392 e. The van der Waals surface area contributed by atoms with Crippen LogP contribution in [-0.2, 0) is 0 Å². The Labute approximate surface area is 132 Å². The van der Waals surface area contributed by atoms with Crippen molar-refractivity contribution in [1.82, 2.24) is 5.32 Å². The second-order valence-electron chi connectivity index (χ2n) is 7.51. The van der Waals surface area contributed by atoms with Crippen molar-refractivity contribution >= 4 is 0 Å². The van der Waals surface area contributed by atoms with Gasteiger partial charge in [0.15, 0.2) is 0 Å². The number of hydrogen-bond acceptors (Lipinski definition) is 2. The smallest absolute Gasteiger partial charge is 0.0692 e. The minimum absolute atomic E-state index is 0.158. The van der Waals surface area contributed by atoms with Gasteiger partial charge >= 0.3 is 0 Å². The van der Waals surface area contributed by atoms with E-state index in [4.69, 9.17) is 0 Å². The molecule has 0 saturated heterocycles. The highest BCUT2D eigenvalue weighted by molar-refractivity contribution is 4.87. The highest BCUT2D eigenvalue weighted by Gasteiger charge is 2.32. The first-order valence-corrected chi connectivity index (χ1v) is 9.67. The molecule has 3 unspecified atom stereocenters. The van der Waals surface area contributed by atoms with Crippen LogP contribution in [0.5, 0.6) is 0 Å². The van der Waals surface area contributed by atoms with Gasteiger partial charge in [-0.3, -0.25) is 0 Å². The van der Waals surface area contributed by atoms with Crippen LogP contribution in [0, 0.1) is 17.8 Å². The Morgan fingerprint density at radius 2 is 1.52 bits per heavy atom. The molecule has 0 radical (unpaired) electrons. The fourth-order valence-electron chi connectivity index (χ4n) is 4.81. The molecule has 124 valence electrons. The van der Waals surface area contributed by atoms with Crippen molar-refractivity contribution in [2.45, 2.75) is 96.6 Å². The molecule has 2 saturated carbocycles. The van der Waals surface area contributed by atoms with E-state index in [1.54, 1.807) is 0 Å². The molecule has 0 aromatic carbocycles. The van der Waals surface area contributed by atoms with E-state index < -0.39 is 0 Å². The quantitative estimate of drug-likeness (QED) is 0.724. The van der Waals surface area contributed by atoms with E-state index in [1.165, 1.54) is 57.8 Å². The second kappa shape index (κ2) is 9.15. The summed E-state index contributed by atoms with van der Waals surface area (Å²) in [7, 11) is 0. The maximum absolute atomic E-state index is 10.4. The molecule has 2 N–H and O–H groups in total. The Bertz CT molecular complexity index is 271. The highest BCUT2D eigenvalue weighted by atomic mass is 16.3. The van der Waals surface area contributed by atoms with Gasteiger partial charge in [-0.2, -0.15) is 0 Å². The SMILES string of the molecule is CCC(CC)C(O)CNC1CCCCC1C1CCCCC1. The van der Waals surface area contributed by atoms with Crippen LogP contribution in [0.25, 0.3) is 0 Å². The van der Waals surface area contributed by atoms with Crippen LogP contribution < -0.4 is 5.32 Å². The molecule has 2 aliphatic rings. The van der Waals surface area contributed by atoms with Crippen LogP contribution in [0.4, 0.5) is 0 Å². The van der Waals surface area contributed by atoms with Crippen LogP contribution in [0.2, 0.25) is 0 Å². The van der Waals surface area contributed by atoms with Crippen LogP contribution in [0.15, 0.2) is 0 Å². The van der Waals surface area contributed by atoms with Gasteiger partial charge in [-0.05, 0) is 30.6 Å². The molecule has 2 fully saturated rings. The molecule has 21 heavy (non-hydrogen) atoms. The number of aliphatic hydroxyl groups is 1. The zero-order valence-electron chi connectivity index (χ0n) is 14.3. The summed E-state index contributed by atoms with van der Waals surface area (Å²) < 4.78 is 0. The third-order valence-corrected chi connectivity index (χ3v) is 6.26. The predicted octanol–water partition coefficient (Wildman–Crippen LogP) is 4.51. The Morgan fingerprint density at radius 3 is 2.19 bits per heavy atom. The molecule has 2 aliphatic carbocycles. The highest BCUT2D eigenvalue weighted by Crippen LogP contribution is 2.38. The lowest BCUT2D eigenvalue weighted by molar-refractivity contribution is 0.0829. The topological polar surface area (TPSA) is 32.3 Å². The molecule has 0 aromatic rings. The van der Waals surface area contributed by atoms with Gasteiger partial charge in [-0.25, -0.2) is 0 Å². The first-order chi connectivity index (χ1) is 10.3. The lowest BCUT2D eigenvalue weighted by Crippen LogP contribution is -2.46. The molecule has 0 amide bonds. The molecule has 0 aromatic heterocycles. The standard InChI is InChI=1S/C19H37NO/c1-3-15(4-2)19(21)14-20-18-13-9-8-12-17(18)16-10-6-5-7-11-16/h15-21H,3-14H2,1-2H3. The van der Waals surface area contributed by atoms with E-state index in [9.17, 15) is 5.11 Å². The molecule has 2 nitrogen and oxygen atoms in total. The minimum Gasteiger partial charge on any atom is -0.392 e. The van der Waals surface area contributed by atoms with Crippen LogP contribution >= 0.6 is 0 Å². The van der Waals surface area contributed by atoms with Gasteiger partial charge in [0, 0.05) is 12.6 Å². The summed E-state index contributed by atoms with van der Waals surface area (Å²) in [5, 5.41) is 14.1. The monoisotopic (exact) mass is 295 g/mol. The van der Waals surface area contributed by atoms with Gasteiger partial charge in [0.2, 0.25) is 0 Å². The Balaban J connectivity index is 1.83. The molecule has 0 heterocycles. The molecule has 2 heteroatoms. The number of nitrogens with one attached hydrogen (secondary N) is 1. The summed E-state index contributed by atoms with van der Waals surface area (Å²) in [6.07, 6.45) is 14.8. The van der Waals surface area contributed by atoms with Crippen molar-refractivity contribution in [2.75, 3.05) is 6.54 Å². The molecule has 3 atom stereocenters. The number of hydrogen-bond donors (Lipinski definition) is 2.